The Bertz CT molecular complexity index is 1440. The SMILES string of the molecule is O=C(NC(Cc1ccc(Cl)cc1)C(=O)O)/C(=C\c1cccc(C(F)(F)F)c1)NC(=O)c1ccc(OC(F)(F)F)cc1. The Kier molecular flexibility index (Phi) is 9.66. The third-order valence-electron chi connectivity index (χ3n) is 5.32. The van der Waals surface area contributed by atoms with E-state index in [1.165, 1.54) is 30.3 Å². The maximum Gasteiger partial charge on any atom is 0.573 e. The first-order valence-corrected chi connectivity index (χ1v) is 11.8. The number of hydrogen-bond donors (Lipinski definition) is 3. The summed E-state index contributed by atoms with van der Waals surface area (Å²) in [6.45, 7) is 0. The largest absolute Gasteiger partial charge is 0.573 e. The second kappa shape index (κ2) is 12.8. The average Bonchev–Trinajstić information content (AvgIpc) is 2.88. The molecule has 0 spiro atoms. The van der Waals surface area contributed by atoms with Gasteiger partial charge in [0, 0.05) is 17.0 Å². The summed E-state index contributed by atoms with van der Waals surface area (Å²) in [4.78, 5) is 37.8. The first kappa shape index (κ1) is 31.0. The monoisotopic (exact) mass is 600 g/mol. The van der Waals surface area contributed by atoms with E-state index >= 15 is 0 Å². The number of rotatable bonds is 9. The summed E-state index contributed by atoms with van der Waals surface area (Å²) >= 11 is 5.83. The highest BCUT2D eigenvalue weighted by molar-refractivity contribution is 6.30. The van der Waals surface area contributed by atoms with Crippen molar-refractivity contribution in [1.29, 1.82) is 0 Å². The number of carboxylic acids is 1. The number of amides is 2. The number of carboxylic acid groups (broad SMARTS) is 1. The number of aliphatic carboxylic acids is 1. The second-order valence-corrected chi connectivity index (χ2v) is 8.84. The van der Waals surface area contributed by atoms with Crippen LogP contribution in [0.4, 0.5) is 26.3 Å². The summed E-state index contributed by atoms with van der Waals surface area (Å²) in [6, 6.07) is 11.9. The third-order valence-corrected chi connectivity index (χ3v) is 5.58. The van der Waals surface area contributed by atoms with Gasteiger partial charge in [0.05, 0.1) is 5.56 Å². The zero-order valence-corrected chi connectivity index (χ0v) is 21.3. The summed E-state index contributed by atoms with van der Waals surface area (Å²) < 4.78 is 80.6. The number of carbonyl (C=O) groups is 3. The fourth-order valence-corrected chi connectivity index (χ4v) is 3.55. The Balaban J connectivity index is 1.91. The third kappa shape index (κ3) is 9.57. The van der Waals surface area contributed by atoms with Crippen LogP contribution in [0.5, 0.6) is 5.75 Å². The molecular formula is C27H19ClF6N2O5. The van der Waals surface area contributed by atoms with Crippen LogP contribution in [0, 0.1) is 0 Å². The number of nitrogens with one attached hydrogen (secondary N) is 2. The Labute approximate surface area is 233 Å². The van der Waals surface area contributed by atoms with E-state index in [9.17, 15) is 45.8 Å². The molecule has 7 nitrogen and oxygen atoms in total. The number of carbonyl (C=O) groups excluding carboxylic acids is 2. The molecule has 0 saturated carbocycles. The van der Waals surface area contributed by atoms with Crippen LogP contribution >= 0.6 is 11.6 Å². The molecule has 0 saturated heterocycles. The van der Waals surface area contributed by atoms with Crippen LogP contribution in [0.3, 0.4) is 0 Å². The van der Waals surface area contributed by atoms with Crippen LogP contribution in [0.1, 0.15) is 27.0 Å². The van der Waals surface area contributed by atoms with Gasteiger partial charge in [-0.15, -0.1) is 13.2 Å². The summed E-state index contributed by atoms with van der Waals surface area (Å²) in [5.74, 6) is -4.26. The van der Waals surface area contributed by atoms with Crippen LogP contribution in [-0.4, -0.2) is 35.3 Å². The van der Waals surface area contributed by atoms with Crippen molar-refractivity contribution in [1.82, 2.24) is 10.6 Å². The summed E-state index contributed by atoms with van der Waals surface area (Å²) in [5.41, 5.74) is -1.60. The van der Waals surface area contributed by atoms with E-state index in [1.807, 2.05) is 0 Å². The van der Waals surface area contributed by atoms with Crippen molar-refractivity contribution in [2.24, 2.45) is 0 Å². The van der Waals surface area contributed by atoms with Gasteiger partial charge < -0.3 is 20.5 Å². The van der Waals surface area contributed by atoms with E-state index in [-0.39, 0.29) is 17.5 Å². The number of benzene rings is 3. The fourth-order valence-electron chi connectivity index (χ4n) is 3.42. The zero-order valence-electron chi connectivity index (χ0n) is 20.5. The van der Waals surface area contributed by atoms with Crippen molar-refractivity contribution >= 4 is 35.5 Å². The smallest absolute Gasteiger partial charge is 0.480 e. The Morgan fingerprint density at radius 3 is 2.12 bits per heavy atom. The van der Waals surface area contributed by atoms with Gasteiger partial charge in [0.2, 0.25) is 0 Å². The molecule has 1 atom stereocenters. The maximum atomic E-state index is 13.2. The van der Waals surface area contributed by atoms with Crippen LogP contribution in [0.2, 0.25) is 5.02 Å². The summed E-state index contributed by atoms with van der Waals surface area (Å²) in [6.07, 6.45) is -9.01. The van der Waals surface area contributed by atoms with Gasteiger partial charge in [0.25, 0.3) is 11.8 Å². The first-order valence-electron chi connectivity index (χ1n) is 11.4. The molecule has 0 aliphatic carbocycles. The molecule has 3 N–H and O–H groups in total. The number of halogens is 7. The molecule has 0 aliphatic heterocycles. The van der Waals surface area contributed by atoms with E-state index in [0.717, 1.165) is 42.5 Å². The standard InChI is InChI=1S/C27H19ClF6N2O5/c28-19-8-4-15(5-9-19)13-22(25(39)40)36-24(38)21(14-16-2-1-3-18(12-16)26(29,30)31)35-23(37)17-6-10-20(11-7-17)41-27(32,33)34/h1-12,14,22H,13H2,(H,35,37)(H,36,38)(H,39,40)/b21-14+. The minimum Gasteiger partial charge on any atom is -0.480 e. The van der Waals surface area contributed by atoms with Gasteiger partial charge in [-0.1, -0.05) is 35.9 Å². The molecule has 3 aromatic rings. The minimum atomic E-state index is -4.98. The number of ether oxygens (including phenoxy) is 1. The molecule has 0 aromatic heterocycles. The lowest BCUT2D eigenvalue weighted by molar-refractivity contribution is -0.274. The van der Waals surface area contributed by atoms with Gasteiger partial charge in [-0.25, -0.2) is 4.79 Å². The van der Waals surface area contributed by atoms with Crippen molar-refractivity contribution < 1.29 is 50.6 Å². The fraction of sp³-hybridized carbons (Fsp3) is 0.148. The van der Waals surface area contributed by atoms with E-state index in [1.54, 1.807) is 0 Å². The molecule has 0 bridgehead atoms. The van der Waals surface area contributed by atoms with Crippen molar-refractivity contribution in [3.63, 3.8) is 0 Å². The lowest BCUT2D eigenvalue weighted by atomic mass is 10.1. The molecule has 1 unspecified atom stereocenters. The van der Waals surface area contributed by atoms with Gasteiger partial charge in [-0.2, -0.15) is 13.2 Å². The van der Waals surface area contributed by atoms with Crippen LogP contribution in [0.25, 0.3) is 6.08 Å². The molecule has 3 rings (SSSR count). The quantitative estimate of drug-likeness (QED) is 0.211. The summed E-state index contributed by atoms with van der Waals surface area (Å²) in [7, 11) is 0. The maximum absolute atomic E-state index is 13.2. The van der Waals surface area contributed by atoms with E-state index in [2.05, 4.69) is 15.4 Å². The molecule has 0 aliphatic rings. The molecule has 0 radical (unpaired) electrons. The van der Waals surface area contributed by atoms with Gasteiger partial charge in [-0.3, -0.25) is 9.59 Å². The van der Waals surface area contributed by atoms with Gasteiger partial charge in [0.15, 0.2) is 0 Å². The molecule has 14 heteroatoms. The Morgan fingerprint density at radius 2 is 1.56 bits per heavy atom. The Hall–Kier alpha value is -4.52. The lowest BCUT2D eigenvalue weighted by Crippen LogP contribution is -2.45. The molecule has 0 heterocycles. The van der Waals surface area contributed by atoms with Crippen LogP contribution in [0.15, 0.2) is 78.5 Å². The predicted molar refractivity (Wildman–Crippen MR) is 135 cm³/mol. The average molecular weight is 601 g/mol. The second-order valence-electron chi connectivity index (χ2n) is 8.40. The molecule has 216 valence electrons. The highest BCUT2D eigenvalue weighted by atomic mass is 35.5. The highest BCUT2D eigenvalue weighted by Crippen LogP contribution is 2.30. The van der Waals surface area contributed by atoms with Crippen LogP contribution < -0.4 is 15.4 Å². The molecule has 2 amide bonds. The van der Waals surface area contributed by atoms with Crippen molar-refractivity contribution in [2.45, 2.75) is 25.0 Å². The van der Waals surface area contributed by atoms with E-state index in [4.69, 9.17) is 11.6 Å². The molecule has 3 aromatic carbocycles. The number of hydrogen-bond acceptors (Lipinski definition) is 4. The van der Waals surface area contributed by atoms with Crippen molar-refractivity contribution in [3.8, 4) is 5.75 Å². The van der Waals surface area contributed by atoms with Crippen LogP contribution in [-0.2, 0) is 22.2 Å². The minimum absolute atomic E-state index is 0.163. The Morgan fingerprint density at radius 1 is 0.927 bits per heavy atom. The van der Waals surface area contributed by atoms with E-state index < -0.39 is 53.4 Å². The van der Waals surface area contributed by atoms with E-state index in [0.29, 0.717) is 16.7 Å². The van der Waals surface area contributed by atoms with Gasteiger partial charge in [-0.05, 0) is 65.7 Å². The van der Waals surface area contributed by atoms with Crippen molar-refractivity contribution in [2.75, 3.05) is 0 Å². The first-order chi connectivity index (χ1) is 19.1. The predicted octanol–water partition coefficient (Wildman–Crippen LogP) is 5.84. The summed E-state index contributed by atoms with van der Waals surface area (Å²) in [5, 5.41) is 14.4. The van der Waals surface area contributed by atoms with Gasteiger partial charge >= 0.3 is 18.5 Å². The normalized spacial score (nSPS) is 12.8. The van der Waals surface area contributed by atoms with Gasteiger partial charge in [0.1, 0.15) is 17.5 Å². The topological polar surface area (TPSA) is 105 Å². The number of alkyl halides is 6. The lowest BCUT2D eigenvalue weighted by Gasteiger charge is -2.17. The highest BCUT2D eigenvalue weighted by Gasteiger charge is 2.32. The molecule has 41 heavy (non-hydrogen) atoms. The molecular weight excluding hydrogens is 582 g/mol. The van der Waals surface area contributed by atoms with Crippen molar-refractivity contribution in [3.05, 3.63) is 106 Å². The molecule has 0 fully saturated rings. The zero-order chi connectivity index (χ0) is 30.4.